The van der Waals surface area contributed by atoms with Gasteiger partial charge in [-0.15, -0.1) is 0 Å². The van der Waals surface area contributed by atoms with Crippen molar-refractivity contribution in [1.29, 1.82) is 0 Å². The number of aromatic nitrogens is 4. The summed E-state index contributed by atoms with van der Waals surface area (Å²) < 4.78 is 2.30. The molecule has 1 aliphatic carbocycles. The molecule has 98 valence electrons. The third-order valence-corrected chi connectivity index (χ3v) is 4.20. The van der Waals surface area contributed by atoms with Crippen LogP contribution in [-0.2, 0) is 0 Å². The molecule has 1 fully saturated rings. The predicted molar refractivity (Wildman–Crippen MR) is 74.9 cm³/mol. The van der Waals surface area contributed by atoms with Crippen molar-refractivity contribution in [2.45, 2.75) is 37.8 Å². The maximum absolute atomic E-state index is 6.12. The van der Waals surface area contributed by atoms with E-state index in [-0.39, 0.29) is 0 Å². The average molecular weight is 255 g/mol. The zero-order chi connectivity index (χ0) is 12.8. The normalized spacial score (nSPS) is 24.3. The molecule has 3 heterocycles. The van der Waals surface area contributed by atoms with Gasteiger partial charge in [0.2, 0.25) is 0 Å². The van der Waals surface area contributed by atoms with E-state index in [2.05, 4.69) is 25.6 Å². The fraction of sp³-hybridized carbons (Fsp3) is 0.429. The SMILES string of the molecule is N[C@@H]1CCC[C@@H](n2cnc3cnc4[nH]ccc4c32)C1. The molecule has 0 aliphatic heterocycles. The van der Waals surface area contributed by atoms with Crippen LogP contribution in [0.15, 0.2) is 24.8 Å². The van der Waals surface area contributed by atoms with Gasteiger partial charge < -0.3 is 15.3 Å². The minimum Gasteiger partial charge on any atom is -0.346 e. The Labute approximate surface area is 110 Å². The van der Waals surface area contributed by atoms with Crippen LogP contribution in [0.3, 0.4) is 0 Å². The van der Waals surface area contributed by atoms with Crippen LogP contribution >= 0.6 is 0 Å². The fourth-order valence-electron chi connectivity index (χ4n) is 3.26. The number of aromatic amines is 1. The van der Waals surface area contributed by atoms with E-state index >= 15 is 0 Å². The van der Waals surface area contributed by atoms with E-state index in [1.807, 2.05) is 18.7 Å². The molecule has 1 aliphatic rings. The summed E-state index contributed by atoms with van der Waals surface area (Å²) in [7, 11) is 0. The lowest BCUT2D eigenvalue weighted by atomic mass is 9.91. The van der Waals surface area contributed by atoms with Crippen LogP contribution in [0, 0.1) is 0 Å². The summed E-state index contributed by atoms with van der Waals surface area (Å²) in [6.07, 6.45) is 10.3. The molecule has 0 unspecified atom stereocenters. The maximum atomic E-state index is 6.12. The molecule has 4 rings (SSSR count). The zero-order valence-corrected chi connectivity index (χ0v) is 10.7. The van der Waals surface area contributed by atoms with Gasteiger partial charge in [0.05, 0.1) is 18.0 Å². The Morgan fingerprint density at radius 1 is 1.32 bits per heavy atom. The van der Waals surface area contributed by atoms with Crippen LogP contribution in [0.1, 0.15) is 31.7 Å². The molecular formula is C14H17N5. The van der Waals surface area contributed by atoms with Gasteiger partial charge in [-0.3, -0.25) is 0 Å². The first-order chi connectivity index (χ1) is 9.33. The topological polar surface area (TPSA) is 72.5 Å². The number of nitrogens with zero attached hydrogens (tertiary/aromatic N) is 3. The number of H-pyrrole nitrogens is 1. The minimum absolute atomic E-state index is 0.319. The fourth-order valence-corrected chi connectivity index (χ4v) is 3.26. The van der Waals surface area contributed by atoms with Gasteiger partial charge >= 0.3 is 0 Å². The molecule has 19 heavy (non-hydrogen) atoms. The molecule has 3 aromatic heterocycles. The monoisotopic (exact) mass is 255 g/mol. The zero-order valence-electron chi connectivity index (χ0n) is 10.7. The molecule has 0 spiro atoms. The summed E-state index contributed by atoms with van der Waals surface area (Å²) >= 11 is 0. The summed E-state index contributed by atoms with van der Waals surface area (Å²) in [6.45, 7) is 0. The van der Waals surface area contributed by atoms with E-state index in [1.165, 1.54) is 18.4 Å². The van der Waals surface area contributed by atoms with Gasteiger partial charge in [-0.1, -0.05) is 0 Å². The predicted octanol–water partition coefficient (Wildman–Crippen LogP) is 2.36. The Morgan fingerprint density at radius 2 is 2.26 bits per heavy atom. The van der Waals surface area contributed by atoms with Crippen LogP contribution in [-0.4, -0.2) is 25.6 Å². The van der Waals surface area contributed by atoms with Crippen molar-refractivity contribution >= 4 is 22.1 Å². The summed E-state index contributed by atoms with van der Waals surface area (Å²) in [4.78, 5) is 12.0. The Balaban J connectivity index is 1.91. The van der Waals surface area contributed by atoms with Gasteiger partial charge in [0, 0.05) is 23.7 Å². The molecule has 0 bridgehead atoms. The Morgan fingerprint density at radius 3 is 3.16 bits per heavy atom. The molecule has 0 aromatic carbocycles. The second-order valence-corrected chi connectivity index (χ2v) is 5.46. The Bertz CT molecular complexity index is 726. The lowest BCUT2D eigenvalue weighted by Gasteiger charge is -2.28. The molecule has 0 radical (unpaired) electrons. The summed E-state index contributed by atoms with van der Waals surface area (Å²) in [5, 5.41) is 1.15. The van der Waals surface area contributed by atoms with Crippen LogP contribution in [0.4, 0.5) is 0 Å². The molecule has 5 nitrogen and oxygen atoms in total. The third kappa shape index (κ3) is 1.65. The average Bonchev–Trinajstić information content (AvgIpc) is 3.04. The highest BCUT2D eigenvalue weighted by Gasteiger charge is 2.22. The highest BCUT2D eigenvalue weighted by atomic mass is 15.1. The van der Waals surface area contributed by atoms with Crippen LogP contribution in [0.25, 0.3) is 22.1 Å². The second kappa shape index (κ2) is 4.06. The summed E-state index contributed by atoms with van der Waals surface area (Å²) in [6, 6.07) is 2.86. The Hall–Kier alpha value is -1.88. The van der Waals surface area contributed by atoms with Gasteiger partial charge in [-0.25, -0.2) is 9.97 Å². The maximum Gasteiger partial charge on any atom is 0.139 e. The minimum atomic E-state index is 0.319. The number of hydrogen-bond donors (Lipinski definition) is 2. The standard InChI is InChI=1S/C14H17N5/c15-9-2-1-3-10(6-9)19-8-18-12-7-17-14-11(13(12)19)4-5-16-14/h4-5,7-10H,1-3,6,15H2,(H,16,17)/t9-,10-/m1/s1. The molecule has 2 atom stereocenters. The lowest BCUT2D eigenvalue weighted by Crippen LogP contribution is -2.29. The first-order valence-corrected chi connectivity index (χ1v) is 6.87. The number of rotatable bonds is 1. The molecule has 0 amide bonds. The lowest BCUT2D eigenvalue weighted by molar-refractivity contribution is 0.325. The highest BCUT2D eigenvalue weighted by molar-refractivity contribution is 6.00. The second-order valence-electron chi connectivity index (χ2n) is 5.46. The van der Waals surface area contributed by atoms with Crippen molar-refractivity contribution in [1.82, 2.24) is 19.5 Å². The van der Waals surface area contributed by atoms with Gasteiger partial charge in [0.25, 0.3) is 0 Å². The van der Waals surface area contributed by atoms with Gasteiger partial charge in [0.15, 0.2) is 0 Å². The number of nitrogens with two attached hydrogens (primary N) is 1. The molecule has 1 saturated carbocycles. The van der Waals surface area contributed by atoms with Gasteiger partial charge in [-0.2, -0.15) is 0 Å². The summed E-state index contributed by atoms with van der Waals surface area (Å²) in [5.74, 6) is 0. The quantitative estimate of drug-likeness (QED) is 0.701. The largest absolute Gasteiger partial charge is 0.346 e. The first-order valence-electron chi connectivity index (χ1n) is 6.87. The van der Waals surface area contributed by atoms with Crippen LogP contribution < -0.4 is 5.73 Å². The van der Waals surface area contributed by atoms with Crippen molar-refractivity contribution in [2.75, 3.05) is 0 Å². The number of nitrogens with one attached hydrogen (secondary N) is 1. The smallest absolute Gasteiger partial charge is 0.139 e. The third-order valence-electron chi connectivity index (χ3n) is 4.20. The van der Waals surface area contributed by atoms with Crippen LogP contribution in [0.2, 0.25) is 0 Å². The Kier molecular flexibility index (Phi) is 2.35. The number of fused-ring (bicyclic) bond motifs is 3. The molecule has 5 heteroatoms. The van der Waals surface area contributed by atoms with Gasteiger partial charge in [-0.05, 0) is 31.7 Å². The number of imidazole rings is 1. The molecule has 0 saturated heterocycles. The highest BCUT2D eigenvalue weighted by Crippen LogP contribution is 2.32. The molecule has 3 N–H and O–H groups in total. The van der Waals surface area contributed by atoms with Crippen molar-refractivity contribution in [3.63, 3.8) is 0 Å². The number of hydrogen-bond acceptors (Lipinski definition) is 3. The van der Waals surface area contributed by atoms with E-state index in [9.17, 15) is 0 Å². The first kappa shape index (κ1) is 11.0. The van der Waals surface area contributed by atoms with E-state index in [4.69, 9.17) is 5.73 Å². The number of pyridine rings is 1. The molecular weight excluding hydrogens is 238 g/mol. The summed E-state index contributed by atoms with van der Waals surface area (Å²) in [5.41, 5.74) is 9.19. The van der Waals surface area contributed by atoms with Crippen molar-refractivity contribution in [3.05, 3.63) is 24.8 Å². The van der Waals surface area contributed by atoms with E-state index < -0.39 is 0 Å². The van der Waals surface area contributed by atoms with Crippen molar-refractivity contribution in [2.24, 2.45) is 5.73 Å². The van der Waals surface area contributed by atoms with Crippen LogP contribution in [0.5, 0.6) is 0 Å². The van der Waals surface area contributed by atoms with E-state index in [0.29, 0.717) is 12.1 Å². The van der Waals surface area contributed by atoms with Crippen molar-refractivity contribution in [3.8, 4) is 0 Å². The van der Waals surface area contributed by atoms with Crippen molar-refractivity contribution < 1.29 is 0 Å². The van der Waals surface area contributed by atoms with E-state index in [0.717, 1.165) is 29.4 Å². The molecule has 3 aromatic rings. The van der Waals surface area contributed by atoms with Gasteiger partial charge in [0.1, 0.15) is 11.2 Å². The van der Waals surface area contributed by atoms with E-state index in [1.54, 1.807) is 0 Å².